The highest BCUT2D eigenvalue weighted by molar-refractivity contribution is 5.96. The summed E-state index contributed by atoms with van der Waals surface area (Å²) in [6, 6.07) is 18.2. The number of nitrogens with one attached hydrogen (secondary N) is 1. The van der Waals surface area contributed by atoms with Crippen LogP contribution in [0.5, 0.6) is 0 Å². The highest BCUT2D eigenvalue weighted by atomic mass is 16.2. The molecular weight excluding hydrogens is 310 g/mol. The minimum atomic E-state index is 0.0228. The lowest BCUT2D eigenvalue weighted by Crippen LogP contribution is -2.53. The lowest BCUT2D eigenvalue weighted by molar-refractivity contribution is -0.118. The normalized spacial score (nSPS) is 20.2. The molecule has 1 heterocycles. The minimum Gasteiger partial charge on any atom is -0.327 e. The molecule has 3 N–H and O–H groups in total. The fraction of sp³-hybridized carbons (Fsp3) is 0.381. The molecule has 132 valence electrons. The van der Waals surface area contributed by atoms with Crippen molar-refractivity contribution in [1.29, 1.82) is 0 Å². The molecule has 1 aliphatic rings. The molecule has 1 fully saturated rings. The third kappa shape index (κ3) is 4.27. The maximum Gasteiger partial charge on any atom is 0.238 e. The molecule has 0 saturated carbocycles. The Kier molecular flexibility index (Phi) is 5.21. The first kappa shape index (κ1) is 17.6. The van der Waals surface area contributed by atoms with Crippen LogP contribution in [0, 0.1) is 5.41 Å². The quantitative estimate of drug-likeness (QED) is 0.899. The van der Waals surface area contributed by atoms with Gasteiger partial charge in [-0.15, -0.1) is 0 Å². The van der Waals surface area contributed by atoms with Crippen LogP contribution >= 0.6 is 0 Å². The fourth-order valence-corrected chi connectivity index (χ4v) is 3.47. The summed E-state index contributed by atoms with van der Waals surface area (Å²) in [6.07, 6.45) is 0.931. The number of nitrogens with zero attached hydrogens (tertiary/aromatic N) is 1. The number of para-hydroxylation sites is 1. The largest absolute Gasteiger partial charge is 0.327 e. The zero-order chi connectivity index (χ0) is 17.9. The third-order valence-corrected chi connectivity index (χ3v) is 5.04. The molecule has 0 aliphatic carbocycles. The van der Waals surface area contributed by atoms with E-state index < -0.39 is 0 Å². The first-order valence-corrected chi connectivity index (χ1v) is 8.88. The number of hydrogen-bond acceptors (Lipinski definition) is 3. The third-order valence-electron chi connectivity index (χ3n) is 5.04. The van der Waals surface area contributed by atoms with Crippen LogP contribution in [0.3, 0.4) is 0 Å². The Hall–Kier alpha value is -2.17. The Bertz CT molecular complexity index is 727. The van der Waals surface area contributed by atoms with Crippen LogP contribution in [0.15, 0.2) is 54.6 Å². The molecule has 2 aromatic carbocycles. The van der Waals surface area contributed by atoms with Gasteiger partial charge in [0.25, 0.3) is 0 Å². The zero-order valence-electron chi connectivity index (χ0n) is 15.0. The Balaban J connectivity index is 1.68. The van der Waals surface area contributed by atoms with Crippen LogP contribution in [0.2, 0.25) is 0 Å². The molecule has 1 atom stereocenters. The summed E-state index contributed by atoms with van der Waals surface area (Å²) >= 11 is 0. The summed E-state index contributed by atoms with van der Waals surface area (Å²) in [5, 5.41) is 3.08. The van der Waals surface area contributed by atoms with Crippen molar-refractivity contribution < 1.29 is 4.79 Å². The number of amides is 1. The van der Waals surface area contributed by atoms with Crippen LogP contribution < -0.4 is 11.1 Å². The van der Waals surface area contributed by atoms with Gasteiger partial charge < -0.3 is 11.1 Å². The van der Waals surface area contributed by atoms with E-state index in [-0.39, 0.29) is 17.4 Å². The van der Waals surface area contributed by atoms with Crippen LogP contribution in [0.1, 0.15) is 20.3 Å². The van der Waals surface area contributed by atoms with E-state index in [0.717, 1.165) is 36.3 Å². The van der Waals surface area contributed by atoms with Gasteiger partial charge in [-0.25, -0.2) is 0 Å². The lowest BCUT2D eigenvalue weighted by Gasteiger charge is -2.42. The average Bonchev–Trinajstić information content (AvgIpc) is 2.59. The Morgan fingerprint density at radius 3 is 2.56 bits per heavy atom. The summed E-state index contributed by atoms with van der Waals surface area (Å²) in [6.45, 7) is 6.47. The number of nitrogens with two attached hydrogens (primary N) is 1. The van der Waals surface area contributed by atoms with Crippen molar-refractivity contribution in [3.05, 3.63) is 54.6 Å². The Labute approximate surface area is 150 Å². The van der Waals surface area contributed by atoms with Crippen molar-refractivity contribution in [3.8, 4) is 11.1 Å². The van der Waals surface area contributed by atoms with Crippen molar-refractivity contribution in [2.24, 2.45) is 11.1 Å². The van der Waals surface area contributed by atoms with E-state index in [9.17, 15) is 4.79 Å². The second kappa shape index (κ2) is 7.38. The summed E-state index contributed by atoms with van der Waals surface area (Å²) in [4.78, 5) is 14.8. The second-order valence-electron chi connectivity index (χ2n) is 7.55. The molecule has 1 aliphatic heterocycles. The second-order valence-corrected chi connectivity index (χ2v) is 7.55. The smallest absolute Gasteiger partial charge is 0.238 e. The van der Waals surface area contributed by atoms with Gasteiger partial charge in [-0.2, -0.15) is 0 Å². The molecule has 1 amide bonds. The highest BCUT2D eigenvalue weighted by Gasteiger charge is 2.33. The molecule has 0 radical (unpaired) electrons. The standard InChI is InChI=1S/C21H27N3O/c1-21(2)15-24(13-12-19(21)22)14-20(25)23-18-11-7-6-10-17(18)16-8-4-3-5-9-16/h3-11,19H,12-15,22H2,1-2H3,(H,23,25). The van der Waals surface area contributed by atoms with Gasteiger partial charge in [-0.1, -0.05) is 62.4 Å². The summed E-state index contributed by atoms with van der Waals surface area (Å²) in [5.74, 6) is 0.0228. The van der Waals surface area contributed by atoms with Gasteiger partial charge in [-0.05, 0) is 23.5 Å². The Morgan fingerprint density at radius 1 is 1.16 bits per heavy atom. The van der Waals surface area contributed by atoms with Crippen LogP contribution in [0.4, 0.5) is 5.69 Å². The molecule has 0 aromatic heterocycles. The van der Waals surface area contributed by atoms with E-state index in [1.165, 1.54) is 0 Å². The van der Waals surface area contributed by atoms with Crippen molar-refractivity contribution in [2.75, 3.05) is 25.0 Å². The van der Waals surface area contributed by atoms with Gasteiger partial charge in [0.05, 0.1) is 6.54 Å². The van der Waals surface area contributed by atoms with Crippen molar-refractivity contribution in [3.63, 3.8) is 0 Å². The zero-order valence-corrected chi connectivity index (χ0v) is 15.0. The molecule has 2 aromatic rings. The lowest BCUT2D eigenvalue weighted by atomic mass is 9.80. The minimum absolute atomic E-state index is 0.0228. The van der Waals surface area contributed by atoms with E-state index in [4.69, 9.17) is 5.73 Å². The predicted molar refractivity (Wildman–Crippen MR) is 103 cm³/mol. The van der Waals surface area contributed by atoms with E-state index >= 15 is 0 Å². The maximum atomic E-state index is 12.6. The van der Waals surface area contributed by atoms with Gasteiger partial charge >= 0.3 is 0 Å². The van der Waals surface area contributed by atoms with Crippen LogP contribution in [0.25, 0.3) is 11.1 Å². The van der Waals surface area contributed by atoms with Gasteiger partial charge in [0, 0.05) is 30.4 Å². The van der Waals surface area contributed by atoms with Crippen LogP contribution in [-0.2, 0) is 4.79 Å². The molecule has 25 heavy (non-hydrogen) atoms. The number of carbonyl (C=O) groups is 1. The molecular formula is C21H27N3O. The highest BCUT2D eigenvalue weighted by Crippen LogP contribution is 2.29. The van der Waals surface area contributed by atoms with E-state index in [2.05, 4.69) is 36.2 Å². The molecule has 1 unspecified atom stereocenters. The first-order valence-electron chi connectivity index (χ1n) is 8.88. The Morgan fingerprint density at radius 2 is 1.84 bits per heavy atom. The average molecular weight is 337 g/mol. The van der Waals surface area contributed by atoms with E-state index in [1.807, 2.05) is 42.5 Å². The molecule has 0 bridgehead atoms. The fourth-order valence-electron chi connectivity index (χ4n) is 3.47. The van der Waals surface area contributed by atoms with Crippen molar-refractivity contribution in [1.82, 2.24) is 4.90 Å². The van der Waals surface area contributed by atoms with Gasteiger partial charge in [0.15, 0.2) is 0 Å². The monoisotopic (exact) mass is 337 g/mol. The first-order chi connectivity index (χ1) is 12.0. The molecule has 1 saturated heterocycles. The number of piperidine rings is 1. The van der Waals surface area contributed by atoms with Crippen molar-refractivity contribution >= 4 is 11.6 Å². The number of anilines is 1. The van der Waals surface area contributed by atoms with Crippen molar-refractivity contribution in [2.45, 2.75) is 26.3 Å². The maximum absolute atomic E-state index is 12.6. The van der Waals surface area contributed by atoms with E-state index in [0.29, 0.717) is 6.54 Å². The molecule has 4 heteroatoms. The number of rotatable bonds is 4. The van der Waals surface area contributed by atoms with Gasteiger partial charge in [-0.3, -0.25) is 9.69 Å². The van der Waals surface area contributed by atoms with Gasteiger partial charge in [0.1, 0.15) is 0 Å². The molecule has 3 rings (SSSR count). The number of hydrogen-bond donors (Lipinski definition) is 2. The number of carbonyl (C=O) groups excluding carboxylic acids is 1. The topological polar surface area (TPSA) is 58.4 Å². The summed E-state index contributed by atoms with van der Waals surface area (Å²) in [7, 11) is 0. The van der Waals surface area contributed by atoms with Crippen LogP contribution in [-0.4, -0.2) is 36.5 Å². The van der Waals surface area contributed by atoms with Gasteiger partial charge in [0.2, 0.25) is 5.91 Å². The summed E-state index contributed by atoms with van der Waals surface area (Å²) < 4.78 is 0. The predicted octanol–water partition coefficient (Wildman–Crippen LogP) is 3.35. The number of benzene rings is 2. The summed E-state index contributed by atoms with van der Waals surface area (Å²) in [5.41, 5.74) is 9.22. The molecule has 0 spiro atoms. The van der Waals surface area contributed by atoms with E-state index in [1.54, 1.807) is 0 Å². The molecule has 4 nitrogen and oxygen atoms in total. The SMILES string of the molecule is CC1(C)CN(CC(=O)Nc2ccccc2-c2ccccc2)CCC1N. The number of likely N-dealkylation sites (tertiary alicyclic amines) is 1.